The molecule has 4 rings (SSSR count). The third-order valence-electron chi connectivity index (χ3n) is 4.49. The van der Waals surface area contributed by atoms with Crippen LogP contribution in [0.5, 0.6) is 0 Å². The molecule has 0 aliphatic heterocycles. The number of hydrogen-bond acceptors (Lipinski definition) is 4. The van der Waals surface area contributed by atoms with Crippen molar-refractivity contribution in [3.8, 4) is 11.3 Å². The molecule has 30 heavy (non-hydrogen) atoms. The molecule has 10 heteroatoms. The Morgan fingerprint density at radius 3 is 2.67 bits per heavy atom. The van der Waals surface area contributed by atoms with E-state index in [-0.39, 0.29) is 16.9 Å². The molecule has 0 spiro atoms. The average Bonchev–Trinajstić information content (AvgIpc) is 3.36. The SMILES string of the molecule is O=C(NCCCn1cc(Cl)cn1)c1cnn2c(C(F)F)cc(-c3ccccc3)nc12. The Morgan fingerprint density at radius 2 is 1.97 bits per heavy atom. The Kier molecular flexibility index (Phi) is 5.71. The van der Waals surface area contributed by atoms with Gasteiger partial charge in [0.25, 0.3) is 12.3 Å². The maximum Gasteiger partial charge on any atom is 0.280 e. The Bertz CT molecular complexity index is 1170. The number of halogens is 3. The van der Waals surface area contributed by atoms with Gasteiger partial charge in [-0.3, -0.25) is 9.48 Å². The Morgan fingerprint density at radius 1 is 1.17 bits per heavy atom. The number of hydrogen-bond donors (Lipinski definition) is 1. The number of amides is 1. The zero-order valence-electron chi connectivity index (χ0n) is 15.7. The summed E-state index contributed by atoms with van der Waals surface area (Å²) in [5, 5.41) is 11.3. The molecule has 0 saturated carbocycles. The van der Waals surface area contributed by atoms with E-state index in [0.717, 1.165) is 4.52 Å². The topological polar surface area (TPSA) is 77.1 Å². The van der Waals surface area contributed by atoms with Crippen LogP contribution in [0.3, 0.4) is 0 Å². The van der Waals surface area contributed by atoms with Gasteiger partial charge in [0.15, 0.2) is 5.65 Å². The van der Waals surface area contributed by atoms with Crippen LogP contribution in [0.25, 0.3) is 16.9 Å². The molecule has 0 fully saturated rings. The maximum atomic E-state index is 13.6. The van der Waals surface area contributed by atoms with E-state index in [2.05, 4.69) is 20.5 Å². The Balaban J connectivity index is 1.56. The number of carbonyl (C=O) groups is 1. The fraction of sp³-hybridized carbons (Fsp3) is 0.200. The molecule has 0 unspecified atom stereocenters. The van der Waals surface area contributed by atoms with E-state index in [0.29, 0.717) is 35.8 Å². The van der Waals surface area contributed by atoms with Crippen LogP contribution in [0.2, 0.25) is 5.02 Å². The van der Waals surface area contributed by atoms with Crippen LogP contribution in [0.1, 0.15) is 28.9 Å². The maximum absolute atomic E-state index is 13.6. The van der Waals surface area contributed by atoms with Gasteiger partial charge < -0.3 is 5.32 Å². The minimum absolute atomic E-state index is 0.0861. The normalized spacial score (nSPS) is 11.3. The summed E-state index contributed by atoms with van der Waals surface area (Å²) in [6, 6.07) is 10.2. The van der Waals surface area contributed by atoms with Crippen molar-refractivity contribution in [2.24, 2.45) is 0 Å². The molecule has 0 atom stereocenters. The van der Waals surface area contributed by atoms with Crippen molar-refractivity contribution in [2.45, 2.75) is 19.4 Å². The van der Waals surface area contributed by atoms with Crippen LogP contribution in [0.15, 0.2) is 55.0 Å². The van der Waals surface area contributed by atoms with Gasteiger partial charge in [0.05, 0.1) is 23.1 Å². The monoisotopic (exact) mass is 430 g/mol. The number of nitrogens with zero attached hydrogens (tertiary/aromatic N) is 5. The van der Waals surface area contributed by atoms with Gasteiger partial charge in [-0.25, -0.2) is 18.3 Å². The quantitative estimate of drug-likeness (QED) is 0.449. The molecule has 7 nitrogen and oxygen atoms in total. The molecule has 0 bridgehead atoms. The first kappa shape index (κ1) is 20.0. The van der Waals surface area contributed by atoms with Crippen molar-refractivity contribution in [3.05, 3.63) is 71.3 Å². The highest BCUT2D eigenvalue weighted by Gasteiger charge is 2.21. The molecule has 1 amide bonds. The first-order valence-electron chi connectivity index (χ1n) is 9.21. The lowest BCUT2D eigenvalue weighted by molar-refractivity contribution is 0.0953. The largest absolute Gasteiger partial charge is 0.352 e. The second-order valence-electron chi connectivity index (χ2n) is 6.56. The molecule has 4 aromatic rings. The molecule has 0 saturated heterocycles. The summed E-state index contributed by atoms with van der Waals surface area (Å²) in [6.07, 6.45) is 2.33. The van der Waals surface area contributed by atoms with Crippen molar-refractivity contribution >= 4 is 23.2 Å². The van der Waals surface area contributed by atoms with Crippen LogP contribution in [0, 0.1) is 0 Å². The van der Waals surface area contributed by atoms with E-state index in [1.54, 1.807) is 35.1 Å². The first-order valence-corrected chi connectivity index (χ1v) is 9.59. The summed E-state index contributed by atoms with van der Waals surface area (Å²) < 4.78 is 29.9. The lowest BCUT2D eigenvalue weighted by Gasteiger charge is -2.09. The van der Waals surface area contributed by atoms with Crippen molar-refractivity contribution < 1.29 is 13.6 Å². The van der Waals surface area contributed by atoms with Gasteiger partial charge >= 0.3 is 0 Å². The van der Waals surface area contributed by atoms with Crippen LogP contribution in [-0.4, -0.2) is 36.8 Å². The van der Waals surface area contributed by atoms with Crippen LogP contribution >= 0.6 is 11.6 Å². The molecule has 0 aliphatic carbocycles. The van der Waals surface area contributed by atoms with Crippen molar-refractivity contribution in [2.75, 3.05) is 6.54 Å². The van der Waals surface area contributed by atoms with Crippen molar-refractivity contribution in [1.29, 1.82) is 0 Å². The fourth-order valence-electron chi connectivity index (χ4n) is 3.06. The number of fused-ring (bicyclic) bond motifs is 1. The highest BCUT2D eigenvalue weighted by atomic mass is 35.5. The van der Waals surface area contributed by atoms with E-state index < -0.39 is 12.3 Å². The second-order valence-corrected chi connectivity index (χ2v) is 6.99. The highest BCUT2D eigenvalue weighted by molar-refractivity contribution is 6.30. The molecule has 3 aromatic heterocycles. The van der Waals surface area contributed by atoms with E-state index in [4.69, 9.17) is 11.6 Å². The summed E-state index contributed by atoms with van der Waals surface area (Å²) in [5.41, 5.74) is 0.921. The number of alkyl halides is 2. The number of nitrogens with one attached hydrogen (secondary N) is 1. The lowest BCUT2D eigenvalue weighted by atomic mass is 10.1. The predicted octanol–water partition coefficient (Wildman–Crippen LogP) is 4.00. The van der Waals surface area contributed by atoms with Gasteiger partial charge in [-0.05, 0) is 12.5 Å². The standard InChI is InChI=1S/C20H17ClF2N6O/c21-14-10-25-28(12-14)8-4-7-24-20(30)15-11-26-29-17(18(22)23)9-16(27-19(15)29)13-5-2-1-3-6-13/h1-3,5-6,9-12,18H,4,7-8H2,(H,24,30). The number of benzene rings is 1. The fourth-order valence-corrected chi connectivity index (χ4v) is 3.21. The number of carbonyl (C=O) groups excluding carboxylic acids is 1. The van der Waals surface area contributed by atoms with Gasteiger partial charge in [0.2, 0.25) is 0 Å². The Labute approximate surface area is 175 Å². The minimum Gasteiger partial charge on any atom is -0.352 e. The number of aryl methyl sites for hydroxylation is 1. The van der Waals surface area contributed by atoms with Gasteiger partial charge in [-0.15, -0.1) is 0 Å². The van der Waals surface area contributed by atoms with Crippen LogP contribution < -0.4 is 5.32 Å². The smallest absolute Gasteiger partial charge is 0.280 e. The summed E-state index contributed by atoms with van der Waals surface area (Å²) in [6.45, 7) is 0.946. The molecular formula is C20H17ClF2N6O. The minimum atomic E-state index is -2.77. The van der Waals surface area contributed by atoms with Crippen molar-refractivity contribution in [3.63, 3.8) is 0 Å². The molecule has 0 radical (unpaired) electrons. The van der Waals surface area contributed by atoms with E-state index in [1.165, 1.54) is 18.5 Å². The zero-order chi connectivity index (χ0) is 21.1. The summed E-state index contributed by atoms with van der Waals surface area (Å²) >= 11 is 5.82. The van der Waals surface area contributed by atoms with Crippen LogP contribution in [-0.2, 0) is 6.54 Å². The molecule has 0 aliphatic rings. The van der Waals surface area contributed by atoms with E-state index >= 15 is 0 Å². The summed E-state index contributed by atoms with van der Waals surface area (Å²) in [4.78, 5) is 17.1. The average molecular weight is 431 g/mol. The second kappa shape index (κ2) is 8.58. The van der Waals surface area contributed by atoms with Gasteiger partial charge in [0.1, 0.15) is 11.3 Å². The highest BCUT2D eigenvalue weighted by Crippen LogP contribution is 2.26. The predicted molar refractivity (Wildman–Crippen MR) is 108 cm³/mol. The third kappa shape index (κ3) is 4.16. The number of aromatic nitrogens is 5. The summed E-state index contributed by atoms with van der Waals surface area (Å²) in [5.74, 6) is -0.429. The van der Waals surface area contributed by atoms with Crippen LogP contribution in [0.4, 0.5) is 8.78 Å². The molecule has 154 valence electrons. The molecule has 1 N–H and O–H groups in total. The molecular weight excluding hydrogens is 414 g/mol. The first-order chi connectivity index (χ1) is 14.5. The van der Waals surface area contributed by atoms with Crippen molar-refractivity contribution in [1.82, 2.24) is 29.7 Å². The van der Waals surface area contributed by atoms with Gasteiger partial charge in [-0.1, -0.05) is 41.9 Å². The van der Waals surface area contributed by atoms with Gasteiger partial charge in [0, 0.05) is 24.8 Å². The van der Waals surface area contributed by atoms with Gasteiger partial charge in [-0.2, -0.15) is 10.2 Å². The van der Waals surface area contributed by atoms with E-state index in [1.807, 2.05) is 6.07 Å². The molecule has 1 aromatic carbocycles. The zero-order valence-corrected chi connectivity index (χ0v) is 16.4. The third-order valence-corrected chi connectivity index (χ3v) is 4.68. The molecule has 3 heterocycles. The van der Waals surface area contributed by atoms with E-state index in [9.17, 15) is 13.6 Å². The summed E-state index contributed by atoms with van der Waals surface area (Å²) in [7, 11) is 0. The lowest BCUT2D eigenvalue weighted by Crippen LogP contribution is -2.25. The number of rotatable bonds is 7. The Hall–Kier alpha value is -3.33.